The summed E-state index contributed by atoms with van der Waals surface area (Å²) in [7, 11) is 0. The summed E-state index contributed by atoms with van der Waals surface area (Å²) in [5.41, 5.74) is 5.31. The Balaban J connectivity index is 1.47. The van der Waals surface area contributed by atoms with Gasteiger partial charge in [-0.3, -0.25) is 4.40 Å². The Kier molecular flexibility index (Phi) is 4.80. The van der Waals surface area contributed by atoms with Gasteiger partial charge in [-0.05, 0) is 31.2 Å². The van der Waals surface area contributed by atoms with E-state index in [1.165, 1.54) is 0 Å². The molecular formula is C25H20N4O2. The highest BCUT2D eigenvalue weighted by Gasteiger charge is 2.20. The molecule has 31 heavy (non-hydrogen) atoms. The molecule has 0 saturated heterocycles. The number of carbonyl (C=O) groups is 1. The summed E-state index contributed by atoms with van der Waals surface area (Å²) < 4.78 is 9.28. The van der Waals surface area contributed by atoms with Crippen molar-refractivity contribution in [3.8, 4) is 16.9 Å². The molecule has 5 rings (SSSR count). The molecule has 0 fully saturated rings. The van der Waals surface area contributed by atoms with Crippen molar-refractivity contribution in [2.75, 3.05) is 0 Å². The van der Waals surface area contributed by atoms with Crippen molar-refractivity contribution < 1.29 is 9.53 Å². The van der Waals surface area contributed by atoms with Gasteiger partial charge in [-0.15, -0.1) is 0 Å². The van der Waals surface area contributed by atoms with Crippen molar-refractivity contribution in [2.24, 2.45) is 0 Å². The first-order valence-electron chi connectivity index (χ1n) is 10.0. The number of fused-ring (bicyclic) bond motifs is 1. The van der Waals surface area contributed by atoms with E-state index in [-0.39, 0.29) is 6.61 Å². The molecule has 0 atom stereocenters. The lowest BCUT2D eigenvalue weighted by Crippen LogP contribution is -2.10. The molecular weight excluding hydrogens is 388 g/mol. The van der Waals surface area contributed by atoms with Crippen molar-refractivity contribution >= 4 is 11.6 Å². The molecule has 0 bridgehead atoms. The van der Waals surface area contributed by atoms with E-state index in [9.17, 15) is 4.79 Å². The predicted octanol–water partition coefficient (Wildman–Crippen LogP) is 4.85. The average Bonchev–Trinajstić information content (AvgIpc) is 3.39. The van der Waals surface area contributed by atoms with Crippen LogP contribution in [-0.4, -0.2) is 25.1 Å². The zero-order valence-corrected chi connectivity index (χ0v) is 17.0. The minimum Gasteiger partial charge on any atom is -0.456 e. The molecule has 6 nitrogen and oxygen atoms in total. The molecule has 3 aromatic heterocycles. The lowest BCUT2D eigenvalue weighted by Gasteiger charge is -2.06. The summed E-state index contributed by atoms with van der Waals surface area (Å²) in [6.45, 7) is 1.92. The molecule has 0 radical (unpaired) electrons. The molecule has 6 heteroatoms. The number of para-hydroxylation sites is 1. The topological polar surface area (TPSA) is 61.4 Å². The van der Waals surface area contributed by atoms with Gasteiger partial charge in [0.2, 0.25) is 0 Å². The number of pyridine rings is 1. The van der Waals surface area contributed by atoms with E-state index in [1.54, 1.807) is 4.40 Å². The molecule has 0 aliphatic rings. The number of nitrogens with zero attached hydrogens (tertiary/aromatic N) is 4. The fourth-order valence-corrected chi connectivity index (χ4v) is 3.64. The van der Waals surface area contributed by atoms with E-state index in [0.717, 1.165) is 22.5 Å². The Bertz CT molecular complexity index is 1350. The van der Waals surface area contributed by atoms with Gasteiger partial charge in [0, 0.05) is 23.5 Å². The highest BCUT2D eigenvalue weighted by Crippen LogP contribution is 2.25. The molecule has 152 valence electrons. The van der Waals surface area contributed by atoms with Gasteiger partial charge in [0.1, 0.15) is 12.3 Å². The third-order valence-electron chi connectivity index (χ3n) is 5.11. The number of esters is 1. The van der Waals surface area contributed by atoms with Crippen LogP contribution in [0.5, 0.6) is 0 Å². The number of rotatable bonds is 5. The van der Waals surface area contributed by atoms with Gasteiger partial charge in [-0.2, -0.15) is 5.10 Å². The predicted molar refractivity (Wildman–Crippen MR) is 118 cm³/mol. The number of aromatic nitrogens is 4. The summed E-state index contributed by atoms with van der Waals surface area (Å²) in [6.07, 6.45) is 3.72. The Morgan fingerprint density at radius 2 is 1.65 bits per heavy atom. The van der Waals surface area contributed by atoms with Gasteiger partial charge in [0.15, 0.2) is 5.69 Å². The Labute approximate surface area is 179 Å². The van der Waals surface area contributed by atoms with Gasteiger partial charge < -0.3 is 4.74 Å². The monoisotopic (exact) mass is 408 g/mol. The highest BCUT2D eigenvalue weighted by molar-refractivity contribution is 5.90. The first kappa shape index (κ1) is 18.8. The normalized spacial score (nSPS) is 11.0. The molecule has 0 aliphatic carbocycles. The van der Waals surface area contributed by atoms with E-state index in [2.05, 4.69) is 4.98 Å². The van der Waals surface area contributed by atoms with Crippen LogP contribution in [0.15, 0.2) is 91.3 Å². The van der Waals surface area contributed by atoms with Gasteiger partial charge in [0.05, 0.1) is 17.1 Å². The number of imidazole rings is 1. The summed E-state index contributed by atoms with van der Waals surface area (Å²) >= 11 is 0. The van der Waals surface area contributed by atoms with Crippen LogP contribution in [0, 0.1) is 6.92 Å². The number of hydrogen-bond acceptors (Lipinski definition) is 4. The van der Waals surface area contributed by atoms with E-state index >= 15 is 0 Å². The minimum absolute atomic E-state index is 0.107. The van der Waals surface area contributed by atoms with Crippen molar-refractivity contribution in [1.82, 2.24) is 19.2 Å². The van der Waals surface area contributed by atoms with Crippen molar-refractivity contribution in [2.45, 2.75) is 13.5 Å². The first-order chi connectivity index (χ1) is 15.2. The first-order valence-corrected chi connectivity index (χ1v) is 10.0. The lowest BCUT2D eigenvalue weighted by molar-refractivity contribution is 0.0464. The molecule has 0 spiro atoms. The molecule has 0 amide bonds. The largest absolute Gasteiger partial charge is 0.456 e. The Morgan fingerprint density at radius 1 is 0.935 bits per heavy atom. The van der Waals surface area contributed by atoms with Gasteiger partial charge in [0.25, 0.3) is 0 Å². The zero-order chi connectivity index (χ0) is 21.2. The molecule has 2 aromatic carbocycles. The lowest BCUT2D eigenvalue weighted by atomic mass is 10.1. The maximum absolute atomic E-state index is 12.9. The molecule has 3 heterocycles. The molecule has 0 N–H and O–H groups in total. The third-order valence-corrected chi connectivity index (χ3v) is 5.11. The van der Waals surface area contributed by atoms with Crippen LogP contribution < -0.4 is 0 Å². The number of benzene rings is 2. The summed E-state index contributed by atoms with van der Waals surface area (Å²) in [5.74, 6) is -0.414. The van der Waals surface area contributed by atoms with Crippen molar-refractivity contribution in [1.29, 1.82) is 0 Å². The standard InChI is InChI=1S/C25H20N4O2/c1-18-24(28-15-9-8-14-22(28)26-18)25(30)31-17-20-16-29(21-12-6-3-7-13-21)27-23(20)19-10-4-2-5-11-19/h2-16H,17H2,1H3. The quantitative estimate of drug-likeness (QED) is 0.390. The number of hydrogen-bond donors (Lipinski definition) is 0. The van der Waals surface area contributed by atoms with Gasteiger partial charge in [-0.1, -0.05) is 54.6 Å². The van der Waals surface area contributed by atoms with E-state index < -0.39 is 5.97 Å². The third kappa shape index (κ3) is 3.59. The Hall–Kier alpha value is -4.19. The van der Waals surface area contributed by atoms with Crippen LogP contribution in [-0.2, 0) is 11.3 Å². The molecule has 0 unspecified atom stereocenters. The summed E-state index contributed by atoms with van der Waals surface area (Å²) in [5, 5.41) is 4.77. The minimum atomic E-state index is -0.414. The van der Waals surface area contributed by atoms with Crippen molar-refractivity contribution in [3.05, 3.63) is 108 Å². The van der Waals surface area contributed by atoms with E-state index in [0.29, 0.717) is 17.0 Å². The fraction of sp³-hybridized carbons (Fsp3) is 0.0800. The van der Waals surface area contributed by atoms with Crippen LogP contribution >= 0.6 is 0 Å². The molecule has 5 aromatic rings. The highest BCUT2D eigenvalue weighted by atomic mass is 16.5. The molecule has 0 aliphatic heterocycles. The number of carbonyl (C=O) groups excluding carboxylic acids is 1. The Morgan fingerprint density at radius 3 is 2.42 bits per heavy atom. The summed E-state index contributed by atoms with van der Waals surface area (Å²) in [6, 6.07) is 25.4. The fourth-order valence-electron chi connectivity index (χ4n) is 3.64. The van der Waals surface area contributed by atoms with E-state index in [4.69, 9.17) is 9.84 Å². The second kappa shape index (κ2) is 7.91. The van der Waals surface area contributed by atoms with Gasteiger partial charge in [-0.25, -0.2) is 14.5 Å². The second-order valence-corrected chi connectivity index (χ2v) is 7.20. The molecule has 0 saturated carbocycles. The zero-order valence-electron chi connectivity index (χ0n) is 17.0. The maximum Gasteiger partial charge on any atom is 0.357 e. The number of aryl methyl sites for hydroxylation is 1. The SMILES string of the molecule is Cc1nc2ccccn2c1C(=O)OCc1cn(-c2ccccc2)nc1-c1ccccc1. The van der Waals surface area contributed by atoms with Gasteiger partial charge >= 0.3 is 5.97 Å². The van der Waals surface area contributed by atoms with Crippen LogP contribution in [0.2, 0.25) is 0 Å². The smallest absolute Gasteiger partial charge is 0.357 e. The maximum atomic E-state index is 12.9. The van der Waals surface area contributed by atoms with Crippen LogP contribution in [0.25, 0.3) is 22.6 Å². The van der Waals surface area contributed by atoms with Crippen molar-refractivity contribution in [3.63, 3.8) is 0 Å². The van der Waals surface area contributed by atoms with E-state index in [1.807, 2.05) is 103 Å². The average molecular weight is 408 g/mol. The summed E-state index contributed by atoms with van der Waals surface area (Å²) in [4.78, 5) is 17.4. The second-order valence-electron chi connectivity index (χ2n) is 7.20. The van der Waals surface area contributed by atoms with Crippen LogP contribution in [0.4, 0.5) is 0 Å². The number of ether oxygens (including phenoxy) is 1. The van der Waals surface area contributed by atoms with Crippen LogP contribution in [0.3, 0.4) is 0 Å². The van der Waals surface area contributed by atoms with Crippen LogP contribution in [0.1, 0.15) is 21.7 Å².